The average Bonchev–Trinajstić information content (AvgIpc) is 2.72. The fourth-order valence-corrected chi connectivity index (χ4v) is 5.25. The Morgan fingerprint density at radius 2 is 1.61 bits per heavy atom. The number of anilines is 1. The SMILES string of the molecule is COC(=O)C1CCN(C(=O)c2ccc(C)c(S(=O)(=O)Nc3cc(C)cc(C)c3)c2)CC1. The summed E-state index contributed by atoms with van der Waals surface area (Å²) in [5, 5.41) is 0. The smallest absolute Gasteiger partial charge is 0.308 e. The third-order valence-electron chi connectivity index (χ3n) is 5.52. The van der Waals surface area contributed by atoms with Crippen LogP contribution in [0.4, 0.5) is 5.69 Å². The first-order valence-corrected chi connectivity index (χ1v) is 11.7. The number of hydrogen-bond donors (Lipinski definition) is 1. The van der Waals surface area contributed by atoms with Gasteiger partial charge in [0, 0.05) is 24.3 Å². The number of esters is 1. The number of carbonyl (C=O) groups is 2. The second-order valence-corrected chi connectivity index (χ2v) is 9.70. The Kier molecular flexibility index (Phi) is 6.69. The van der Waals surface area contributed by atoms with Gasteiger partial charge in [-0.15, -0.1) is 0 Å². The van der Waals surface area contributed by atoms with E-state index in [0.717, 1.165) is 11.1 Å². The predicted molar refractivity (Wildman–Crippen MR) is 119 cm³/mol. The number of rotatable bonds is 5. The summed E-state index contributed by atoms with van der Waals surface area (Å²) >= 11 is 0. The minimum absolute atomic E-state index is 0.0713. The van der Waals surface area contributed by atoms with E-state index in [-0.39, 0.29) is 22.7 Å². The molecule has 0 bridgehead atoms. The number of ether oxygens (including phenoxy) is 1. The molecule has 1 amide bonds. The molecule has 1 saturated heterocycles. The normalized spacial score (nSPS) is 14.9. The third-order valence-corrected chi connectivity index (χ3v) is 7.04. The van der Waals surface area contributed by atoms with E-state index in [0.29, 0.717) is 42.7 Å². The summed E-state index contributed by atoms with van der Waals surface area (Å²) in [5.41, 5.74) is 3.25. The molecule has 1 aliphatic heterocycles. The first kappa shape index (κ1) is 22.8. The van der Waals surface area contributed by atoms with E-state index in [1.165, 1.54) is 13.2 Å². The van der Waals surface area contributed by atoms with Crippen molar-refractivity contribution in [2.24, 2.45) is 5.92 Å². The van der Waals surface area contributed by atoms with Crippen molar-refractivity contribution in [1.82, 2.24) is 4.90 Å². The van der Waals surface area contributed by atoms with E-state index < -0.39 is 10.0 Å². The molecule has 1 heterocycles. The Morgan fingerprint density at radius 1 is 1.00 bits per heavy atom. The molecule has 2 aromatic rings. The van der Waals surface area contributed by atoms with Gasteiger partial charge in [-0.25, -0.2) is 8.42 Å². The van der Waals surface area contributed by atoms with Crippen LogP contribution in [0.1, 0.15) is 39.9 Å². The average molecular weight is 445 g/mol. The van der Waals surface area contributed by atoms with E-state index in [1.54, 1.807) is 36.1 Å². The molecule has 7 nitrogen and oxygen atoms in total. The highest BCUT2D eigenvalue weighted by Crippen LogP contribution is 2.25. The largest absolute Gasteiger partial charge is 0.469 e. The Labute approximate surface area is 183 Å². The third kappa shape index (κ3) is 5.25. The molecule has 0 unspecified atom stereocenters. The first-order chi connectivity index (χ1) is 14.6. The minimum Gasteiger partial charge on any atom is -0.469 e. The number of methoxy groups -OCH3 is 1. The molecule has 0 radical (unpaired) electrons. The van der Waals surface area contributed by atoms with Crippen molar-refractivity contribution in [3.05, 3.63) is 58.7 Å². The number of likely N-dealkylation sites (tertiary alicyclic amines) is 1. The Balaban J connectivity index is 1.81. The maximum atomic E-state index is 13.1. The van der Waals surface area contributed by atoms with Crippen LogP contribution in [0.3, 0.4) is 0 Å². The van der Waals surface area contributed by atoms with Gasteiger partial charge in [-0.1, -0.05) is 12.1 Å². The Hall–Kier alpha value is -2.87. The van der Waals surface area contributed by atoms with Crippen molar-refractivity contribution in [2.75, 3.05) is 24.9 Å². The lowest BCUT2D eigenvalue weighted by Crippen LogP contribution is -2.40. The molecule has 0 spiro atoms. The van der Waals surface area contributed by atoms with Crippen LogP contribution in [0.5, 0.6) is 0 Å². The van der Waals surface area contributed by atoms with Crippen LogP contribution in [0.2, 0.25) is 0 Å². The van der Waals surface area contributed by atoms with Crippen molar-refractivity contribution in [3.8, 4) is 0 Å². The van der Waals surface area contributed by atoms with Crippen molar-refractivity contribution in [1.29, 1.82) is 0 Å². The highest BCUT2D eigenvalue weighted by Gasteiger charge is 2.29. The minimum atomic E-state index is -3.87. The number of carbonyl (C=O) groups excluding carboxylic acids is 2. The van der Waals surface area contributed by atoms with Gasteiger partial charge in [0.1, 0.15) is 0 Å². The number of piperidine rings is 1. The molecule has 0 atom stereocenters. The van der Waals surface area contributed by atoms with Gasteiger partial charge in [-0.2, -0.15) is 0 Å². The standard InChI is InChI=1S/C23H28N2O5S/c1-15-11-16(2)13-20(12-15)24-31(28,29)21-14-19(6-5-17(21)3)22(26)25-9-7-18(8-10-25)23(27)30-4/h5-6,11-14,18,24H,7-10H2,1-4H3. The number of benzene rings is 2. The topological polar surface area (TPSA) is 92.8 Å². The molecule has 31 heavy (non-hydrogen) atoms. The van der Waals surface area contributed by atoms with Gasteiger partial charge in [-0.05, 0) is 74.6 Å². The lowest BCUT2D eigenvalue weighted by molar-refractivity contribution is -0.146. The van der Waals surface area contributed by atoms with Crippen LogP contribution >= 0.6 is 0 Å². The van der Waals surface area contributed by atoms with Gasteiger partial charge >= 0.3 is 5.97 Å². The van der Waals surface area contributed by atoms with Gasteiger partial charge in [-0.3, -0.25) is 14.3 Å². The molecule has 2 aromatic carbocycles. The maximum Gasteiger partial charge on any atom is 0.308 e. The highest BCUT2D eigenvalue weighted by atomic mass is 32.2. The molecule has 0 aliphatic carbocycles. The monoisotopic (exact) mass is 444 g/mol. The molecule has 1 N–H and O–H groups in total. The number of aryl methyl sites for hydroxylation is 3. The zero-order valence-corrected chi connectivity index (χ0v) is 19.1. The van der Waals surface area contributed by atoms with E-state index in [2.05, 4.69) is 4.72 Å². The van der Waals surface area contributed by atoms with Crippen LogP contribution in [-0.2, 0) is 19.6 Å². The molecular weight excluding hydrogens is 416 g/mol. The van der Waals surface area contributed by atoms with E-state index in [9.17, 15) is 18.0 Å². The molecule has 1 aliphatic rings. The molecule has 166 valence electrons. The zero-order valence-electron chi connectivity index (χ0n) is 18.3. The summed E-state index contributed by atoms with van der Waals surface area (Å²) in [6.45, 7) is 6.36. The number of nitrogens with one attached hydrogen (secondary N) is 1. The van der Waals surface area contributed by atoms with Crippen molar-refractivity contribution < 1.29 is 22.7 Å². The highest BCUT2D eigenvalue weighted by molar-refractivity contribution is 7.92. The van der Waals surface area contributed by atoms with Crippen LogP contribution in [-0.4, -0.2) is 45.4 Å². The molecular formula is C23H28N2O5S. The van der Waals surface area contributed by atoms with Gasteiger partial charge in [0.2, 0.25) is 0 Å². The fourth-order valence-electron chi connectivity index (χ4n) is 3.93. The van der Waals surface area contributed by atoms with Gasteiger partial charge in [0.05, 0.1) is 17.9 Å². The maximum absolute atomic E-state index is 13.1. The summed E-state index contributed by atoms with van der Waals surface area (Å²) in [5.74, 6) is -0.704. The number of amides is 1. The number of sulfonamides is 1. The van der Waals surface area contributed by atoms with E-state index in [4.69, 9.17) is 4.74 Å². The lowest BCUT2D eigenvalue weighted by atomic mass is 9.96. The lowest BCUT2D eigenvalue weighted by Gasteiger charge is -2.30. The zero-order chi connectivity index (χ0) is 22.8. The van der Waals surface area contributed by atoms with Gasteiger partial charge < -0.3 is 9.64 Å². The molecule has 8 heteroatoms. The Morgan fingerprint density at radius 3 is 2.19 bits per heavy atom. The summed E-state index contributed by atoms with van der Waals surface area (Å²) in [6, 6.07) is 10.2. The second-order valence-electron chi connectivity index (χ2n) is 8.05. The molecule has 1 fully saturated rings. The van der Waals surface area contributed by atoms with Crippen LogP contribution in [0.25, 0.3) is 0 Å². The molecule has 3 rings (SSSR count). The second kappa shape index (κ2) is 9.09. The number of nitrogens with zero attached hydrogens (tertiary/aromatic N) is 1. The van der Waals surface area contributed by atoms with Crippen molar-refractivity contribution in [2.45, 2.75) is 38.5 Å². The predicted octanol–water partition coefficient (Wildman–Crippen LogP) is 3.44. The fraction of sp³-hybridized carbons (Fsp3) is 0.391. The first-order valence-electron chi connectivity index (χ1n) is 10.2. The van der Waals surface area contributed by atoms with Crippen molar-refractivity contribution >= 4 is 27.6 Å². The summed E-state index contributed by atoms with van der Waals surface area (Å²) in [4.78, 5) is 26.4. The summed E-state index contributed by atoms with van der Waals surface area (Å²) in [7, 11) is -2.51. The van der Waals surface area contributed by atoms with Gasteiger partial charge in [0.15, 0.2) is 0 Å². The van der Waals surface area contributed by atoms with Crippen LogP contribution < -0.4 is 4.72 Å². The summed E-state index contributed by atoms with van der Waals surface area (Å²) in [6.07, 6.45) is 1.06. The van der Waals surface area contributed by atoms with Crippen molar-refractivity contribution in [3.63, 3.8) is 0 Å². The Bertz CT molecular complexity index is 1080. The molecule has 0 saturated carbocycles. The molecule has 0 aromatic heterocycles. The van der Waals surface area contributed by atoms with E-state index in [1.807, 2.05) is 19.9 Å². The quantitative estimate of drug-likeness (QED) is 0.713. The summed E-state index contributed by atoms with van der Waals surface area (Å²) < 4.78 is 33.5. The number of hydrogen-bond acceptors (Lipinski definition) is 5. The van der Waals surface area contributed by atoms with Crippen LogP contribution in [0.15, 0.2) is 41.3 Å². The van der Waals surface area contributed by atoms with Gasteiger partial charge in [0.25, 0.3) is 15.9 Å². The van der Waals surface area contributed by atoms with Crippen LogP contribution in [0, 0.1) is 26.7 Å². The van der Waals surface area contributed by atoms with E-state index >= 15 is 0 Å².